The Hall–Kier alpha value is -2.88. The molecule has 29 heavy (non-hydrogen) atoms. The Morgan fingerprint density at radius 3 is 2.69 bits per heavy atom. The minimum Gasteiger partial charge on any atom is -0.346 e. The third kappa shape index (κ3) is 5.57. The van der Waals surface area contributed by atoms with Crippen molar-refractivity contribution in [2.45, 2.75) is 32.4 Å². The maximum absolute atomic E-state index is 12.6. The fourth-order valence-corrected chi connectivity index (χ4v) is 3.69. The molecule has 2 aromatic rings. The van der Waals surface area contributed by atoms with Gasteiger partial charge in [-0.1, -0.05) is 12.1 Å². The van der Waals surface area contributed by atoms with Crippen molar-refractivity contribution in [2.75, 3.05) is 23.6 Å². The Morgan fingerprint density at radius 2 is 2.00 bits per heavy atom. The standard InChI is InChI=1S/C19H25N5O4S/c1-2-29(27,28)22-17-7-4-3-6-16(17)19(26)21-15-12-24(13-15)18(25)8-5-10-23-11-9-20-14-23/h3-4,6-7,9,11,14-15,22H,2,5,8,10,12-13H2,1H3,(H,21,26). The van der Waals surface area contributed by atoms with Crippen molar-refractivity contribution in [3.63, 3.8) is 0 Å². The monoisotopic (exact) mass is 419 g/mol. The number of imidazole rings is 1. The summed E-state index contributed by atoms with van der Waals surface area (Å²) < 4.78 is 28.0. The molecule has 0 bridgehead atoms. The van der Waals surface area contributed by atoms with Gasteiger partial charge in [0.1, 0.15) is 0 Å². The summed E-state index contributed by atoms with van der Waals surface area (Å²) >= 11 is 0. The Balaban J connectivity index is 1.46. The van der Waals surface area contributed by atoms with Crippen molar-refractivity contribution in [2.24, 2.45) is 0 Å². The number of nitrogens with one attached hydrogen (secondary N) is 2. The quantitative estimate of drug-likeness (QED) is 0.631. The van der Waals surface area contributed by atoms with Gasteiger partial charge in [-0.25, -0.2) is 13.4 Å². The summed E-state index contributed by atoms with van der Waals surface area (Å²) in [5.41, 5.74) is 0.508. The number of aryl methyl sites for hydroxylation is 1. The molecule has 1 fully saturated rings. The van der Waals surface area contributed by atoms with Crippen LogP contribution in [0, 0.1) is 0 Å². The van der Waals surface area contributed by atoms with Crippen molar-refractivity contribution in [3.8, 4) is 0 Å². The van der Waals surface area contributed by atoms with Crippen molar-refractivity contribution in [1.82, 2.24) is 19.8 Å². The summed E-state index contributed by atoms with van der Waals surface area (Å²) in [6.07, 6.45) is 6.46. The first-order valence-electron chi connectivity index (χ1n) is 9.52. The molecule has 10 heteroatoms. The number of hydrogen-bond acceptors (Lipinski definition) is 5. The van der Waals surface area contributed by atoms with E-state index < -0.39 is 10.0 Å². The third-order valence-corrected chi connectivity index (χ3v) is 6.04. The van der Waals surface area contributed by atoms with Gasteiger partial charge in [-0.3, -0.25) is 14.3 Å². The minimum absolute atomic E-state index is 0.0618. The molecule has 1 aliphatic rings. The number of para-hydroxylation sites is 1. The average molecular weight is 420 g/mol. The molecule has 0 unspecified atom stereocenters. The van der Waals surface area contributed by atoms with Crippen LogP contribution in [-0.2, 0) is 21.4 Å². The number of amides is 2. The third-order valence-electron chi connectivity index (χ3n) is 4.75. The molecule has 1 saturated heterocycles. The number of anilines is 1. The van der Waals surface area contributed by atoms with E-state index in [0.29, 0.717) is 19.5 Å². The van der Waals surface area contributed by atoms with Crippen LogP contribution in [0.15, 0.2) is 43.0 Å². The predicted molar refractivity (Wildman–Crippen MR) is 109 cm³/mol. The van der Waals surface area contributed by atoms with Crippen molar-refractivity contribution in [1.29, 1.82) is 0 Å². The van der Waals surface area contributed by atoms with Gasteiger partial charge in [0.15, 0.2) is 0 Å². The molecule has 0 saturated carbocycles. The van der Waals surface area contributed by atoms with Crippen LogP contribution in [0.4, 0.5) is 5.69 Å². The largest absolute Gasteiger partial charge is 0.346 e. The van der Waals surface area contributed by atoms with E-state index in [1.165, 1.54) is 6.92 Å². The lowest BCUT2D eigenvalue weighted by Crippen LogP contribution is -2.61. The van der Waals surface area contributed by atoms with Crippen LogP contribution in [0.25, 0.3) is 0 Å². The van der Waals surface area contributed by atoms with Gasteiger partial charge in [0.05, 0.1) is 29.4 Å². The number of carbonyl (C=O) groups excluding carboxylic acids is 2. The number of hydrogen-bond donors (Lipinski definition) is 2. The number of sulfonamides is 1. The molecule has 0 radical (unpaired) electrons. The van der Waals surface area contributed by atoms with Crippen molar-refractivity contribution >= 4 is 27.5 Å². The van der Waals surface area contributed by atoms with E-state index in [4.69, 9.17) is 0 Å². The summed E-state index contributed by atoms with van der Waals surface area (Å²) in [7, 11) is -3.48. The molecule has 2 amide bonds. The zero-order chi connectivity index (χ0) is 20.9. The maximum atomic E-state index is 12.6. The first kappa shape index (κ1) is 20.8. The van der Waals surface area contributed by atoms with Crippen LogP contribution in [0.3, 0.4) is 0 Å². The highest BCUT2D eigenvalue weighted by atomic mass is 32.2. The highest BCUT2D eigenvalue weighted by molar-refractivity contribution is 7.92. The first-order valence-corrected chi connectivity index (χ1v) is 11.2. The van der Waals surface area contributed by atoms with E-state index in [1.54, 1.807) is 41.7 Å². The van der Waals surface area contributed by atoms with Crippen molar-refractivity contribution < 1.29 is 18.0 Å². The van der Waals surface area contributed by atoms with E-state index in [9.17, 15) is 18.0 Å². The number of benzene rings is 1. The molecule has 9 nitrogen and oxygen atoms in total. The molecule has 156 valence electrons. The fourth-order valence-electron chi connectivity index (χ4n) is 3.04. The van der Waals surface area contributed by atoms with Gasteiger partial charge < -0.3 is 14.8 Å². The Labute approximate surface area is 170 Å². The number of likely N-dealkylation sites (tertiary alicyclic amines) is 1. The minimum atomic E-state index is -3.48. The highest BCUT2D eigenvalue weighted by Crippen LogP contribution is 2.18. The van der Waals surface area contributed by atoms with Gasteiger partial charge >= 0.3 is 0 Å². The normalized spacial score (nSPS) is 14.3. The van der Waals surface area contributed by atoms with Crippen LogP contribution >= 0.6 is 0 Å². The molecule has 3 rings (SSSR count). The predicted octanol–water partition coefficient (Wildman–Crippen LogP) is 1.07. The zero-order valence-corrected chi connectivity index (χ0v) is 17.1. The number of rotatable bonds is 9. The molecule has 1 aromatic heterocycles. The van der Waals surface area contributed by atoms with Gasteiger partial charge in [0.2, 0.25) is 15.9 Å². The maximum Gasteiger partial charge on any atom is 0.253 e. The van der Waals surface area contributed by atoms with Crippen LogP contribution in [-0.4, -0.2) is 59.6 Å². The molecular formula is C19H25N5O4S. The summed E-state index contributed by atoms with van der Waals surface area (Å²) in [4.78, 5) is 30.5. The van der Waals surface area contributed by atoms with E-state index in [1.807, 2.05) is 10.8 Å². The smallest absolute Gasteiger partial charge is 0.253 e. The van der Waals surface area contributed by atoms with E-state index in [-0.39, 0.29) is 34.9 Å². The molecular weight excluding hydrogens is 394 g/mol. The molecule has 0 atom stereocenters. The van der Waals surface area contributed by atoms with Crippen LogP contribution in [0.1, 0.15) is 30.1 Å². The first-order chi connectivity index (χ1) is 13.9. The van der Waals surface area contributed by atoms with Crippen molar-refractivity contribution in [3.05, 3.63) is 48.5 Å². The molecule has 2 heterocycles. The molecule has 1 aliphatic heterocycles. The number of aromatic nitrogens is 2. The number of carbonyl (C=O) groups is 2. The lowest BCUT2D eigenvalue weighted by atomic mass is 10.1. The molecule has 0 aliphatic carbocycles. The van der Waals surface area contributed by atoms with Crippen LogP contribution < -0.4 is 10.0 Å². The SMILES string of the molecule is CCS(=O)(=O)Nc1ccccc1C(=O)NC1CN(C(=O)CCCn2ccnc2)C1. The van der Waals surface area contributed by atoms with Crippen LogP contribution in [0.5, 0.6) is 0 Å². The molecule has 1 aromatic carbocycles. The Bertz CT molecular complexity index is 953. The fraction of sp³-hybridized carbons (Fsp3) is 0.421. The second-order valence-electron chi connectivity index (χ2n) is 6.92. The molecule has 2 N–H and O–H groups in total. The topological polar surface area (TPSA) is 113 Å². The second kappa shape index (κ2) is 9.08. The van der Waals surface area contributed by atoms with Gasteiger partial charge in [-0.2, -0.15) is 0 Å². The lowest BCUT2D eigenvalue weighted by Gasteiger charge is -2.39. The Kier molecular flexibility index (Phi) is 6.53. The zero-order valence-electron chi connectivity index (χ0n) is 16.2. The summed E-state index contributed by atoms with van der Waals surface area (Å²) in [6.45, 7) is 3.18. The second-order valence-corrected chi connectivity index (χ2v) is 8.94. The van der Waals surface area contributed by atoms with Gasteiger partial charge in [0, 0.05) is 38.4 Å². The Morgan fingerprint density at radius 1 is 1.24 bits per heavy atom. The van der Waals surface area contributed by atoms with E-state index in [0.717, 1.165) is 13.0 Å². The summed E-state index contributed by atoms with van der Waals surface area (Å²) in [6, 6.07) is 6.32. The van der Waals surface area contributed by atoms with Crippen LogP contribution in [0.2, 0.25) is 0 Å². The van der Waals surface area contributed by atoms with E-state index >= 15 is 0 Å². The summed E-state index contributed by atoms with van der Waals surface area (Å²) in [5.74, 6) is -0.382. The average Bonchev–Trinajstić information content (AvgIpc) is 3.17. The van der Waals surface area contributed by atoms with Gasteiger partial charge in [0.25, 0.3) is 5.91 Å². The number of nitrogens with zero attached hydrogens (tertiary/aromatic N) is 3. The van der Waals surface area contributed by atoms with E-state index in [2.05, 4.69) is 15.0 Å². The highest BCUT2D eigenvalue weighted by Gasteiger charge is 2.31. The lowest BCUT2D eigenvalue weighted by molar-refractivity contribution is -0.136. The molecule has 0 spiro atoms. The van der Waals surface area contributed by atoms with Gasteiger partial charge in [-0.15, -0.1) is 0 Å². The summed E-state index contributed by atoms with van der Waals surface area (Å²) in [5, 5.41) is 2.86. The van der Waals surface area contributed by atoms with Gasteiger partial charge in [-0.05, 0) is 25.5 Å².